The van der Waals surface area contributed by atoms with Gasteiger partial charge in [-0.1, -0.05) is 6.92 Å². The van der Waals surface area contributed by atoms with Gasteiger partial charge in [-0.15, -0.1) is 0 Å². The van der Waals surface area contributed by atoms with Crippen molar-refractivity contribution in [3.05, 3.63) is 24.0 Å². The van der Waals surface area contributed by atoms with Gasteiger partial charge < -0.3 is 15.0 Å². The summed E-state index contributed by atoms with van der Waals surface area (Å²) in [7, 11) is 1.87. The number of rotatable bonds is 6. The Morgan fingerprint density at radius 3 is 2.95 bits per heavy atom. The van der Waals surface area contributed by atoms with Gasteiger partial charge in [0.15, 0.2) is 0 Å². The van der Waals surface area contributed by atoms with Crippen LogP contribution in [0.1, 0.15) is 36.5 Å². The first kappa shape index (κ1) is 15.8. The van der Waals surface area contributed by atoms with Gasteiger partial charge in [-0.25, -0.2) is 0 Å². The maximum atomic E-state index is 12.6. The van der Waals surface area contributed by atoms with E-state index in [1.165, 1.54) is 0 Å². The highest BCUT2D eigenvalue weighted by molar-refractivity contribution is 5.99. The van der Waals surface area contributed by atoms with Gasteiger partial charge >= 0.3 is 0 Å². The minimum Gasteiger partial charge on any atom is -0.384 e. The number of hydrogen-bond acceptors (Lipinski definition) is 4. The van der Waals surface area contributed by atoms with Gasteiger partial charge in [0.25, 0.3) is 5.91 Å². The lowest BCUT2D eigenvalue weighted by Gasteiger charge is -2.27. The first-order valence-electron chi connectivity index (χ1n) is 7.73. The summed E-state index contributed by atoms with van der Waals surface area (Å²) in [6.07, 6.45) is 6.46. The Morgan fingerprint density at radius 1 is 1.48 bits per heavy atom. The molecule has 0 radical (unpaired) electrons. The minimum absolute atomic E-state index is 0.0354. The molecule has 0 bridgehead atoms. The molecule has 0 spiro atoms. The maximum absolute atomic E-state index is 12.6. The van der Waals surface area contributed by atoms with Crippen LogP contribution in [0.2, 0.25) is 0 Å². The number of nitrogens with one attached hydrogen (secondary N) is 1. The second kappa shape index (κ2) is 7.98. The lowest BCUT2D eigenvalue weighted by atomic mass is 9.99. The van der Waals surface area contributed by atoms with Crippen molar-refractivity contribution in [3.63, 3.8) is 0 Å². The molecule has 0 unspecified atom stereocenters. The van der Waals surface area contributed by atoms with Crippen molar-refractivity contribution in [2.75, 3.05) is 38.7 Å². The van der Waals surface area contributed by atoms with E-state index in [1.807, 2.05) is 18.0 Å². The van der Waals surface area contributed by atoms with E-state index in [1.54, 1.807) is 12.4 Å². The van der Waals surface area contributed by atoms with Crippen molar-refractivity contribution in [2.45, 2.75) is 26.2 Å². The zero-order chi connectivity index (χ0) is 15.1. The van der Waals surface area contributed by atoms with E-state index in [0.29, 0.717) is 11.5 Å². The van der Waals surface area contributed by atoms with E-state index in [9.17, 15) is 4.79 Å². The lowest BCUT2D eigenvalue weighted by Crippen LogP contribution is -2.34. The third kappa shape index (κ3) is 4.43. The molecule has 1 amide bonds. The number of ether oxygens (including phenoxy) is 1. The van der Waals surface area contributed by atoms with Crippen molar-refractivity contribution in [1.82, 2.24) is 9.88 Å². The summed E-state index contributed by atoms with van der Waals surface area (Å²) in [6.45, 7) is 5.36. The summed E-state index contributed by atoms with van der Waals surface area (Å²) in [5, 5.41) is 3.29. The predicted molar refractivity (Wildman–Crippen MR) is 83.5 cm³/mol. The maximum Gasteiger partial charge on any atom is 0.257 e. The summed E-state index contributed by atoms with van der Waals surface area (Å²) in [6, 6.07) is 1.87. The van der Waals surface area contributed by atoms with E-state index >= 15 is 0 Å². The fraction of sp³-hybridized carbons (Fsp3) is 0.625. The Hall–Kier alpha value is -1.62. The molecule has 5 heteroatoms. The second-order valence-electron chi connectivity index (χ2n) is 5.59. The molecule has 1 aliphatic heterocycles. The van der Waals surface area contributed by atoms with E-state index < -0.39 is 0 Å². The normalized spacial score (nSPS) is 15.7. The molecule has 2 heterocycles. The number of amides is 1. The number of carbonyl (C=O) groups excluding carboxylic acids is 1. The molecule has 5 nitrogen and oxygen atoms in total. The smallest absolute Gasteiger partial charge is 0.257 e. The monoisotopic (exact) mass is 291 g/mol. The molecule has 1 N–H and O–H groups in total. The van der Waals surface area contributed by atoms with Crippen LogP contribution in [-0.4, -0.2) is 49.1 Å². The molecular formula is C16H25N3O2. The summed E-state index contributed by atoms with van der Waals surface area (Å²) < 4.78 is 5.37. The van der Waals surface area contributed by atoms with Crippen molar-refractivity contribution in [3.8, 4) is 0 Å². The molecule has 0 saturated carbocycles. The van der Waals surface area contributed by atoms with Crippen molar-refractivity contribution in [1.29, 1.82) is 0 Å². The number of hydrogen-bond donors (Lipinski definition) is 1. The quantitative estimate of drug-likeness (QED) is 0.874. The molecule has 21 heavy (non-hydrogen) atoms. The van der Waals surface area contributed by atoms with Crippen molar-refractivity contribution in [2.24, 2.45) is 5.92 Å². The van der Waals surface area contributed by atoms with Gasteiger partial charge in [0, 0.05) is 45.7 Å². The van der Waals surface area contributed by atoms with Crippen LogP contribution in [0, 0.1) is 5.92 Å². The summed E-state index contributed by atoms with van der Waals surface area (Å²) >= 11 is 0. The molecule has 0 aliphatic carbocycles. The average Bonchev–Trinajstić information content (AvgIpc) is 2.53. The van der Waals surface area contributed by atoms with Gasteiger partial charge in [-0.3, -0.25) is 9.78 Å². The number of pyridine rings is 1. The van der Waals surface area contributed by atoms with Crippen LogP contribution in [0.5, 0.6) is 0 Å². The Morgan fingerprint density at radius 2 is 2.24 bits per heavy atom. The SMILES string of the molecule is CCCNc1ccncc1C(=O)N(C)CC1CCOCC1. The van der Waals surface area contributed by atoms with Gasteiger partial charge in [0.2, 0.25) is 0 Å². The van der Waals surface area contributed by atoms with E-state index in [4.69, 9.17) is 4.74 Å². The zero-order valence-corrected chi connectivity index (χ0v) is 13.0. The van der Waals surface area contributed by atoms with E-state index in [-0.39, 0.29) is 5.91 Å². The predicted octanol–water partition coefficient (Wildman–Crippen LogP) is 2.40. The molecular weight excluding hydrogens is 266 g/mol. The number of anilines is 1. The highest BCUT2D eigenvalue weighted by atomic mass is 16.5. The van der Waals surface area contributed by atoms with Crippen LogP contribution in [0.15, 0.2) is 18.5 Å². The first-order chi connectivity index (χ1) is 10.2. The van der Waals surface area contributed by atoms with Gasteiger partial charge in [-0.2, -0.15) is 0 Å². The van der Waals surface area contributed by atoms with Gasteiger partial charge in [0.05, 0.1) is 11.3 Å². The molecule has 2 rings (SSSR count). The summed E-state index contributed by atoms with van der Waals surface area (Å²) in [5.41, 5.74) is 1.52. The van der Waals surface area contributed by atoms with Crippen LogP contribution in [0.4, 0.5) is 5.69 Å². The fourth-order valence-corrected chi connectivity index (χ4v) is 2.58. The molecule has 1 aromatic rings. The summed E-state index contributed by atoms with van der Waals surface area (Å²) in [4.78, 5) is 18.5. The molecule has 0 aromatic carbocycles. The molecule has 1 fully saturated rings. The Balaban J connectivity index is 2.00. The third-order valence-corrected chi connectivity index (χ3v) is 3.84. The fourth-order valence-electron chi connectivity index (χ4n) is 2.58. The molecule has 1 aromatic heterocycles. The van der Waals surface area contributed by atoms with Gasteiger partial charge in [0.1, 0.15) is 0 Å². The molecule has 116 valence electrons. The Kier molecular flexibility index (Phi) is 5.99. The summed E-state index contributed by atoms with van der Waals surface area (Å²) in [5.74, 6) is 0.574. The highest BCUT2D eigenvalue weighted by Gasteiger charge is 2.21. The Bertz CT molecular complexity index is 459. The standard InChI is InChI=1S/C16H25N3O2/c1-3-7-18-15-4-8-17-11-14(15)16(20)19(2)12-13-5-9-21-10-6-13/h4,8,11,13H,3,5-7,9-10,12H2,1-2H3,(H,17,18). The van der Waals surface area contributed by atoms with Crippen molar-refractivity contribution >= 4 is 11.6 Å². The van der Waals surface area contributed by atoms with Gasteiger partial charge in [-0.05, 0) is 31.2 Å². The first-order valence-corrected chi connectivity index (χ1v) is 7.73. The third-order valence-electron chi connectivity index (χ3n) is 3.84. The molecule has 1 aliphatic rings. The molecule has 1 saturated heterocycles. The largest absolute Gasteiger partial charge is 0.384 e. The average molecular weight is 291 g/mol. The highest BCUT2D eigenvalue weighted by Crippen LogP contribution is 2.19. The zero-order valence-electron chi connectivity index (χ0n) is 13.0. The number of nitrogens with zero attached hydrogens (tertiary/aromatic N) is 2. The van der Waals surface area contributed by atoms with Crippen molar-refractivity contribution < 1.29 is 9.53 Å². The van der Waals surface area contributed by atoms with Crippen LogP contribution < -0.4 is 5.32 Å². The minimum atomic E-state index is 0.0354. The van der Waals surface area contributed by atoms with E-state index in [2.05, 4.69) is 17.2 Å². The lowest BCUT2D eigenvalue weighted by molar-refractivity contribution is 0.0497. The number of carbonyl (C=O) groups is 1. The topological polar surface area (TPSA) is 54.5 Å². The van der Waals surface area contributed by atoms with E-state index in [0.717, 1.165) is 51.3 Å². The van der Waals surface area contributed by atoms with Crippen LogP contribution >= 0.6 is 0 Å². The van der Waals surface area contributed by atoms with Crippen LogP contribution in [0.25, 0.3) is 0 Å². The Labute approximate surface area is 126 Å². The van der Waals surface area contributed by atoms with Crippen LogP contribution in [0.3, 0.4) is 0 Å². The number of aromatic nitrogens is 1. The van der Waals surface area contributed by atoms with Crippen LogP contribution in [-0.2, 0) is 4.74 Å². The second-order valence-corrected chi connectivity index (χ2v) is 5.59. The molecule has 0 atom stereocenters.